The SMILES string of the molecule is Cc1ccc(NC2CCc3cccc(-c4cccnc4-n4ncc(C(=O)O)c4C)c32)c(F)c1C1CCN(C(=O)CC2CC2)CC1. The molecule has 3 heterocycles. The molecular weight excluding hydrogens is 569 g/mol. The van der Waals surface area contributed by atoms with Crippen LogP contribution in [-0.2, 0) is 11.2 Å². The smallest absolute Gasteiger partial charge is 0.339 e. The zero-order valence-corrected chi connectivity index (χ0v) is 25.7. The molecule has 1 aliphatic heterocycles. The Morgan fingerprint density at radius 2 is 1.76 bits per heavy atom. The number of hydrogen-bond acceptors (Lipinski definition) is 5. The Morgan fingerprint density at radius 3 is 2.49 bits per heavy atom. The van der Waals surface area contributed by atoms with Crippen molar-refractivity contribution in [2.45, 2.75) is 70.8 Å². The summed E-state index contributed by atoms with van der Waals surface area (Å²) in [5.74, 6) is 0.220. The molecule has 1 unspecified atom stereocenters. The topological polar surface area (TPSA) is 100 Å². The van der Waals surface area contributed by atoms with Crippen LogP contribution in [0.15, 0.2) is 54.9 Å². The first-order valence-corrected chi connectivity index (χ1v) is 16.0. The molecule has 1 saturated heterocycles. The number of carbonyl (C=O) groups excluding carboxylic acids is 1. The van der Waals surface area contributed by atoms with E-state index < -0.39 is 5.97 Å². The van der Waals surface area contributed by atoms with Crippen molar-refractivity contribution in [2.75, 3.05) is 18.4 Å². The maximum absolute atomic E-state index is 16.4. The first-order chi connectivity index (χ1) is 21.8. The lowest BCUT2D eigenvalue weighted by Crippen LogP contribution is -2.38. The molecular formula is C36H38FN5O3. The second-order valence-corrected chi connectivity index (χ2v) is 12.8. The number of nitrogens with one attached hydrogen (secondary N) is 1. The number of amides is 1. The van der Waals surface area contributed by atoms with Crippen LogP contribution in [0.3, 0.4) is 0 Å². The third-order valence-corrected chi connectivity index (χ3v) is 9.91. The average molecular weight is 608 g/mol. The van der Waals surface area contributed by atoms with Crippen LogP contribution in [0.2, 0.25) is 0 Å². The first-order valence-electron chi connectivity index (χ1n) is 16.0. The van der Waals surface area contributed by atoms with Gasteiger partial charge in [0.05, 0.1) is 23.6 Å². The maximum atomic E-state index is 16.4. The lowest BCUT2D eigenvalue weighted by molar-refractivity contribution is -0.132. The van der Waals surface area contributed by atoms with Gasteiger partial charge in [-0.1, -0.05) is 24.3 Å². The van der Waals surface area contributed by atoms with E-state index in [0.29, 0.717) is 42.6 Å². The van der Waals surface area contributed by atoms with Crippen molar-refractivity contribution in [3.05, 3.63) is 94.2 Å². The third kappa shape index (κ3) is 5.49. The fraction of sp³-hybridized carbons (Fsp3) is 0.389. The van der Waals surface area contributed by atoms with Crippen LogP contribution in [0.5, 0.6) is 0 Å². The molecule has 45 heavy (non-hydrogen) atoms. The molecule has 2 aromatic heterocycles. The number of nitrogens with zero attached hydrogens (tertiary/aromatic N) is 4. The fourth-order valence-corrected chi connectivity index (χ4v) is 7.28. The predicted octanol–water partition coefficient (Wildman–Crippen LogP) is 6.99. The minimum Gasteiger partial charge on any atom is -0.478 e. The molecule has 8 nitrogen and oxygen atoms in total. The molecule has 232 valence electrons. The Hall–Kier alpha value is -4.53. The number of halogens is 1. The molecule has 1 amide bonds. The summed E-state index contributed by atoms with van der Waals surface area (Å²) >= 11 is 0. The summed E-state index contributed by atoms with van der Waals surface area (Å²) in [5, 5.41) is 17.5. The maximum Gasteiger partial charge on any atom is 0.339 e. The molecule has 3 aliphatic rings. The highest BCUT2D eigenvalue weighted by Gasteiger charge is 2.32. The zero-order valence-electron chi connectivity index (χ0n) is 25.7. The van der Waals surface area contributed by atoms with Gasteiger partial charge in [0.25, 0.3) is 0 Å². The van der Waals surface area contributed by atoms with Crippen LogP contribution in [0.25, 0.3) is 16.9 Å². The van der Waals surface area contributed by atoms with E-state index in [1.807, 2.05) is 48.2 Å². The van der Waals surface area contributed by atoms with Crippen LogP contribution < -0.4 is 5.32 Å². The molecule has 7 rings (SSSR count). The predicted molar refractivity (Wildman–Crippen MR) is 170 cm³/mol. The quantitative estimate of drug-likeness (QED) is 0.224. The Labute approximate surface area is 262 Å². The van der Waals surface area contributed by atoms with Crippen molar-refractivity contribution in [1.82, 2.24) is 19.7 Å². The van der Waals surface area contributed by atoms with Crippen molar-refractivity contribution in [1.29, 1.82) is 0 Å². The first kappa shape index (κ1) is 29.2. The molecule has 2 aromatic carbocycles. The summed E-state index contributed by atoms with van der Waals surface area (Å²) < 4.78 is 18.0. The van der Waals surface area contributed by atoms with Gasteiger partial charge in [0, 0.05) is 31.3 Å². The molecule has 1 atom stereocenters. The largest absolute Gasteiger partial charge is 0.478 e. The summed E-state index contributed by atoms with van der Waals surface area (Å²) in [5.41, 5.74) is 6.92. The summed E-state index contributed by atoms with van der Waals surface area (Å²) in [4.78, 5) is 31.0. The Bertz CT molecular complexity index is 1790. The van der Waals surface area contributed by atoms with Crippen molar-refractivity contribution < 1.29 is 19.1 Å². The van der Waals surface area contributed by atoms with E-state index in [1.54, 1.807) is 17.8 Å². The number of pyridine rings is 1. The van der Waals surface area contributed by atoms with Gasteiger partial charge in [-0.3, -0.25) is 4.79 Å². The Morgan fingerprint density at radius 1 is 0.978 bits per heavy atom. The van der Waals surface area contributed by atoms with Crippen molar-refractivity contribution >= 4 is 17.6 Å². The minimum absolute atomic E-state index is 0.0779. The van der Waals surface area contributed by atoms with Gasteiger partial charge in [-0.15, -0.1) is 0 Å². The number of benzene rings is 2. The highest BCUT2D eigenvalue weighted by atomic mass is 19.1. The monoisotopic (exact) mass is 607 g/mol. The molecule has 0 radical (unpaired) electrons. The lowest BCUT2D eigenvalue weighted by Gasteiger charge is -2.33. The second kappa shape index (κ2) is 11.8. The van der Waals surface area contributed by atoms with E-state index in [0.717, 1.165) is 53.5 Å². The van der Waals surface area contributed by atoms with Crippen molar-refractivity contribution in [3.8, 4) is 16.9 Å². The van der Waals surface area contributed by atoms with Gasteiger partial charge in [-0.2, -0.15) is 5.10 Å². The van der Waals surface area contributed by atoms with E-state index >= 15 is 4.39 Å². The number of fused-ring (bicyclic) bond motifs is 1. The number of likely N-dealkylation sites (tertiary alicyclic amines) is 1. The molecule has 1 saturated carbocycles. The number of anilines is 1. The highest BCUT2D eigenvalue weighted by molar-refractivity contribution is 5.89. The van der Waals surface area contributed by atoms with Gasteiger partial charge in [-0.25, -0.2) is 18.9 Å². The summed E-state index contributed by atoms with van der Waals surface area (Å²) in [6, 6.07) is 13.8. The number of aromatic carboxylic acids is 1. The summed E-state index contributed by atoms with van der Waals surface area (Å²) in [6.45, 7) is 5.07. The minimum atomic E-state index is -1.03. The third-order valence-electron chi connectivity index (χ3n) is 9.91. The van der Waals surface area contributed by atoms with E-state index in [1.165, 1.54) is 24.6 Å². The van der Waals surface area contributed by atoms with Crippen molar-refractivity contribution in [3.63, 3.8) is 0 Å². The van der Waals surface area contributed by atoms with Crippen LogP contribution in [-0.4, -0.2) is 49.7 Å². The average Bonchev–Trinajstić information content (AvgIpc) is 3.63. The summed E-state index contributed by atoms with van der Waals surface area (Å²) in [6.07, 6.45) is 9.24. The van der Waals surface area contributed by atoms with E-state index in [9.17, 15) is 14.7 Å². The number of carboxylic acids is 1. The van der Waals surface area contributed by atoms with E-state index in [4.69, 9.17) is 0 Å². The highest BCUT2D eigenvalue weighted by Crippen LogP contribution is 2.43. The van der Waals surface area contributed by atoms with Crippen LogP contribution in [0.1, 0.15) is 88.8 Å². The van der Waals surface area contributed by atoms with Gasteiger partial charge in [0.2, 0.25) is 5.91 Å². The Kier molecular flexibility index (Phi) is 7.63. The molecule has 0 bridgehead atoms. The van der Waals surface area contributed by atoms with E-state index in [2.05, 4.69) is 21.5 Å². The molecule has 2 aliphatic carbocycles. The molecule has 2 N–H and O–H groups in total. The van der Waals surface area contributed by atoms with Gasteiger partial charge in [0.1, 0.15) is 11.4 Å². The van der Waals surface area contributed by atoms with E-state index in [-0.39, 0.29) is 29.2 Å². The number of rotatable bonds is 8. The van der Waals surface area contributed by atoms with Crippen molar-refractivity contribution in [2.24, 2.45) is 5.92 Å². The number of carbonyl (C=O) groups is 2. The zero-order chi connectivity index (χ0) is 31.2. The van der Waals surface area contributed by atoms with Crippen LogP contribution >= 0.6 is 0 Å². The number of piperidine rings is 1. The number of hydrogen-bond donors (Lipinski definition) is 2. The fourth-order valence-electron chi connectivity index (χ4n) is 7.28. The van der Waals surface area contributed by atoms with Gasteiger partial charge < -0.3 is 15.3 Å². The van der Waals surface area contributed by atoms with Gasteiger partial charge >= 0.3 is 5.97 Å². The normalized spacial score (nSPS) is 18.2. The van der Waals surface area contributed by atoms with Crippen LogP contribution in [0.4, 0.5) is 10.1 Å². The van der Waals surface area contributed by atoms with Crippen LogP contribution in [0, 0.1) is 25.6 Å². The number of aromatic nitrogens is 3. The molecule has 9 heteroatoms. The second-order valence-electron chi connectivity index (χ2n) is 12.8. The van der Waals surface area contributed by atoms with Gasteiger partial charge in [-0.05, 0) is 110 Å². The molecule has 0 spiro atoms. The van der Waals surface area contributed by atoms with Gasteiger partial charge in [0.15, 0.2) is 5.82 Å². The lowest BCUT2D eigenvalue weighted by atomic mass is 9.85. The molecule has 4 aromatic rings. The number of carboxylic acid groups (broad SMARTS) is 1. The summed E-state index contributed by atoms with van der Waals surface area (Å²) in [7, 11) is 0. The number of aryl methyl sites for hydroxylation is 2. The molecule has 2 fully saturated rings. The Balaban J connectivity index is 1.17. The standard InChI is InChI=1S/C36H38FN5O3/c1-21-8-12-30(34(37)32(21)25-14-17-41(18-15-25)31(43)19-23-9-10-23)40-29-13-11-24-5-3-6-26(33(24)29)27-7-4-16-38-35(27)42-22(2)28(20-39-42)36(44)45/h3-8,12,16,20,23,25,29,40H,9-11,13-15,17-19H2,1-2H3,(H,44,45).